The van der Waals surface area contributed by atoms with Crippen LogP contribution in [0.25, 0.3) is 0 Å². The van der Waals surface area contributed by atoms with E-state index < -0.39 is 0 Å². The summed E-state index contributed by atoms with van der Waals surface area (Å²) in [7, 11) is 9.42. The zero-order chi connectivity index (χ0) is 9.45. The maximum atomic E-state index is 5.58. The normalized spacial score (nSPS) is 15.1. The van der Waals surface area contributed by atoms with Crippen molar-refractivity contribution in [2.45, 2.75) is 18.4 Å². The average molecular weight is 165 g/mol. The molecule has 1 radical (unpaired) electrons. The Labute approximate surface area is 76.5 Å². The van der Waals surface area contributed by atoms with Crippen LogP contribution in [-0.4, -0.2) is 39.6 Å². The van der Waals surface area contributed by atoms with Gasteiger partial charge in [0.05, 0.1) is 0 Å². The number of nitrogens with one attached hydrogen (secondary N) is 2. The molecule has 0 saturated carbocycles. The maximum absolute atomic E-state index is 5.58. The van der Waals surface area contributed by atoms with Gasteiger partial charge in [0.15, 0.2) is 0 Å². The Morgan fingerprint density at radius 2 is 2.17 bits per heavy atom. The van der Waals surface area contributed by atoms with Gasteiger partial charge in [0, 0.05) is 0 Å². The summed E-state index contributed by atoms with van der Waals surface area (Å²) < 4.78 is 0. The van der Waals surface area contributed by atoms with Crippen molar-refractivity contribution in [3.8, 4) is 0 Å². The topological polar surface area (TPSA) is 24.1 Å². The van der Waals surface area contributed by atoms with E-state index in [0.29, 0.717) is 0 Å². The molecule has 0 aliphatic heterocycles. The predicted octanol–water partition coefficient (Wildman–Crippen LogP) is 0.101. The van der Waals surface area contributed by atoms with Gasteiger partial charge >= 0.3 is 75.8 Å². The summed E-state index contributed by atoms with van der Waals surface area (Å²) >= 11 is 0. The SMILES string of the molecule is [B]=CC(CCC=C)(CNC)NC. The molecular weight excluding hydrogens is 147 g/mol. The Morgan fingerprint density at radius 1 is 1.50 bits per heavy atom. The van der Waals surface area contributed by atoms with Crippen molar-refractivity contribution in [3.63, 3.8) is 0 Å². The molecule has 0 rings (SSSR count). The van der Waals surface area contributed by atoms with Crippen LogP contribution in [-0.2, 0) is 0 Å². The summed E-state index contributed by atoms with van der Waals surface area (Å²) in [4.78, 5) is 0. The molecule has 0 aliphatic rings. The average Bonchev–Trinajstić information content (AvgIpc) is 2.13. The fraction of sp³-hybridized carbons (Fsp3) is 0.667. The van der Waals surface area contributed by atoms with Crippen LogP contribution in [0.1, 0.15) is 12.8 Å². The van der Waals surface area contributed by atoms with Crippen molar-refractivity contribution in [3.05, 3.63) is 12.7 Å². The second kappa shape index (κ2) is 6.15. The van der Waals surface area contributed by atoms with Gasteiger partial charge in [-0.1, -0.05) is 0 Å². The molecule has 12 heavy (non-hydrogen) atoms. The Balaban J connectivity index is 4.12. The molecule has 0 fully saturated rings. The van der Waals surface area contributed by atoms with E-state index in [-0.39, 0.29) is 5.54 Å². The van der Waals surface area contributed by atoms with Crippen LogP contribution >= 0.6 is 0 Å². The molecule has 0 aromatic carbocycles. The summed E-state index contributed by atoms with van der Waals surface area (Å²) in [5.41, 5.74) is -0.0943. The molecule has 2 nitrogen and oxygen atoms in total. The van der Waals surface area contributed by atoms with Crippen LogP contribution in [0.3, 0.4) is 0 Å². The van der Waals surface area contributed by atoms with E-state index in [0.717, 1.165) is 19.4 Å². The van der Waals surface area contributed by atoms with E-state index in [1.54, 1.807) is 5.97 Å². The molecule has 2 N–H and O–H groups in total. The van der Waals surface area contributed by atoms with Crippen molar-refractivity contribution < 1.29 is 0 Å². The zero-order valence-corrected chi connectivity index (χ0v) is 8.06. The van der Waals surface area contributed by atoms with E-state index in [1.807, 2.05) is 20.2 Å². The van der Waals surface area contributed by atoms with Crippen LogP contribution in [0.15, 0.2) is 12.7 Å². The number of hydrogen-bond acceptors (Lipinski definition) is 2. The Kier molecular flexibility index (Phi) is 5.94. The molecule has 0 spiro atoms. The van der Waals surface area contributed by atoms with E-state index in [1.165, 1.54) is 0 Å². The van der Waals surface area contributed by atoms with Gasteiger partial charge in [-0.3, -0.25) is 0 Å². The second-order valence-corrected chi connectivity index (χ2v) is 2.93. The molecule has 0 aliphatic carbocycles. The van der Waals surface area contributed by atoms with Gasteiger partial charge in [-0.15, -0.1) is 0 Å². The van der Waals surface area contributed by atoms with Crippen LogP contribution in [0.5, 0.6) is 0 Å². The molecular formula is C9H18BN2. The first kappa shape index (κ1) is 11.6. The van der Waals surface area contributed by atoms with Crippen LogP contribution < -0.4 is 10.6 Å². The minimum atomic E-state index is -0.0943. The summed E-state index contributed by atoms with van der Waals surface area (Å²) in [5, 5.41) is 6.32. The number of rotatable bonds is 7. The van der Waals surface area contributed by atoms with Crippen molar-refractivity contribution in [2.24, 2.45) is 0 Å². The number of hydrogen-bond donors (Lipinski definition) is 2. The van der Waals surface area contributed by atoms with Crippen molar-refractivity contribution in [1.82, 2.24) is 10.6 Å². The van der Waals surface area contributed by atoms with Gasteiger partial charge < -0.3 is 0 Å². The minimum absolute atomic E-state index is 0.0943. The van der Waals surface area contributed by atoms with E-state index >= 15 is 0 Å². The monoisotopic (exact) mass is 165 g/mol. The molecule has 0 heterocycles. The Bertz CT molecular complexity index is 147. The standard InChI is InChI=1S/C9H18BN2/c1-4-5-6-9(7-10,12-3)8-11-2/h4,7,11-12H,1,5-6,8H2,2-3H3. The molecule has 1 atom stereocenters. The molecule has 67 valence electrons. The van der Waals surface area contributed by atoms with E-state index in [9.17, 15) is 0 Å². The summed E-state index contributed by atoms with van der Waals surface area (Å²) in [6, 6.07) is 0. The number of allylic oxidation sites excluding steroid dienone is 1. The van der Waals surface area contributed by atoms with E-state index in [4.69, 9.17) is 7.49 Å². The fourth-order valence-corrected chi connectivity index (χ4v) is 1.20. The van der Waals surface area contributed by atoms with Crippen LogP contribution in [0, 0.1) is 0 Å². The molecule has 3 heteroatoms. The molecule has 0 amide bonds. The van der Waals surface area contributed by atoms with Crippen LogP contribution in [0.4, 0.5) is 0 Å². The summed E-state index contributed by atoms with van der Waals surface area (Å²) in [6.07, 6.45) is 3.85. The van der Waals surface area contributed by atoms with Gasteiger partial charge in [0.1, 0.15) is 0 Å². The second-order valence-electron chi connectivity index (χ2n) is 2.93. The first-order valence-corrected chi connectivity index (χ1v) is 4.25. The zero-order valence-electron chi connectivity index (χ0n) is 8.06. The van der Waals surface area contributed by atoms with Gasteiger partial charge in [0.25, 0.3) is 0 Å². The van der Waals surface area contributed by atoms with Crippen molar-refractivity contribution in [2.75, 3.05) is 20.6 Å². The first-order valence-electron chi connectivity index (χ1n) is 4.25. The molecule has 0 saturated heterocycles. The van der Waals surface area contributed by atoms with Crippen molar-refractivity contribution >= 4 is 13.5 Å². The van der Waals surface area contributed by atoms with Gasteiger partial charge in [0.2, 0.25) is 0 Å². The molecule has 0 bridgehead atoms. The predicted molar refractivity (Wildman–Crippen MR) is 57.0 cm³/mol. The molecule has 1 unspecified atom stereocenters. The molecule has 0 aromatic rings. The van der Waals surface area contributed by atoms with Crippen molar-refractivity contribution in [1.29, 1.82) is 0 Å². The fourth-order valence-electron chi connectivity index (χ4n) is 1.20. The summed E-state index contributed by atoms with van der Waals surface area (Å²) in [5.74, 6) is 1.72. The molecule has 0 aromatic heterocycles. The third-order valence-corrected chi connectivity index (χ3v) is 2.10. The summed E-state index contributed by atoms with van der Waals surface area (Å²) in [6.45, 7) is 4.53. The van der Waals surface area contributed by atoms with Gasteiger partial charge in [-0.05, 0) is 0 Å². The Morgan fingerprint density at radius 3 is 2.50 bits per heavy atom. The Hall–Kier alpha value is -0.405. The quantitative estimate of drug-likeness (QED) is 0.413. The number of likely N-dealkylation sites (N-methyl/N-ethyl adjacent to an activating group) is 2. The van der Waals surface area contributed by atoms with Gasteiger partial charge in [-0.25, -0.2) is 0 Å². The third kappa shape index (κ3) is 3.33. The van der Waals surface area contributed by atoms with Crippen LogP contribution in [0.2, 0.25) is 0 Å². The van der Waals surface area contributed by atoms with Gasteiger partial charge in [-0.2, -0.15) is 0 Å². The van der Waals surface area contributed by atoms with E-state index in [2.05, 4.69) is 17.2 Å². The third-order valence-electron chi connectivity index (χ3n) is 2.10. The first-order chi connectivity index (χ1) is 5.74.